The third-order valence-electron chi connectivity index (χ3n) is 2.03. The number of unbranched alkanes of at least 4 members (excludes halogenated alkanes) is 3. The van der Waals surface area contributed by atoms with E-state index in [0.29, 0.717) is 0 Å². The van der Waals surface area contributed by atoms with Crippen molar-refractivity contribution in [1.82, 2.24) is 0 Å². The van der Waals surface area contributed by atoms with Crippen LogP contribution in [0.25, 0.3) is 0 Å². The fourth-order valence-corrected chi connectivity index (χ4v) is 1.94. The molecule has 0 amide bonds. The van der Waals surface area contributed by atoms with Gasteiger partial charge in [0.25, 0.3) is 0 Å². The van der Waals surface area contributed by atoms with Gasteiger partial charge in [0, 0.05) is 11.7 Å². The topological polar surface area (TPSA) is 17.1 Å². The maximum absolute atomic E-state index is 11.6. The van der Waals surface area contributed by atoms with Crippen LogP contribution < -0.4 is 0 Å². The Morgan fingerprint density at radius 2 is 1.93 bits per heavy atom. The Labute approximate surface area is 94.4 Å². The molecule has 0 spiro atoms. The molecule has 0 heterocycles. The van der Waals surface area contributed by atoms with Crippen LogP contribution in [0.1, 0.15) is 32.6 Å². The third kappa shape index (κ3) is 4.80. The van der Waals surface area contributed by atoms with E-state index in [1.807, 2.05) is 30.3 Å². The fraction of sp³-hybridized carbons (Fsp3) is 0.385. The van der Waals surface area contributed by atoms with Crippen molar-refractivity contribution in [2.75, 3.05) is 0 Å². The van der Waals surface area contributed by atoms with Gasteiger partial charge in [0.15, 0.2) is 0 Å². The van der Waals surface area contributed by atoms with Gasteiger partial charge in [-0.25, -0.2) is 4.21 Å². The second kappa shape index (κ2) is 7.25. The van der Waals surface area contributed by atoms with E-state index in [2.05, 4.69) is 18.1 Å². The molecule has 1 nitrogen and oxygen atoms in total. The van der Waals surface area contributed by atoms with E-state index in [4.69, 9.17) is 0 Å². The Bertz CT molecular complexity index is 359. The molecule has 0 aliphatic carbocycles. The number of benzene rings is 1. The lowest BCUT2D eigenvalue weighted by Gasteiger charge is -1.92. The van der Waals surface area contributed by atoms with Gasteiger partial charge in [-0.3, -0.25) is 0 Å². The van der Waals surface area contributed by atoms with Crippen LogP contribution >= 0.6 is 0 Å². The monoisotopic (exact) mass is 220 g/mol. The maximum atomic E-state index is 11.6. The van der Waals surface area contributed by atoms with Crippen LogP contribution in [0.2, 0.25) is 0 Å². The van der Waals surface area contributed by atoms with Gasteiger partial charge >= 0.3 is 0 Å². The molecule has 1 aromatic rings. The minimum absolute atomic E-state index is 0.792. The minimum Gasteiger partial charge on any atom is -0.240 e. The molecule has 80 valence electrons. The summed E-state index contributed by atoms with van der Waals surface area (Å²) in [5, 5.41) is 2.78. The molecule has 0 radical (unpaired) electrons. The molecule has 0 saturated heterocycles. The molecule has 1 unspecified atom stereocenters. The van der Waals surface area contributed by atoms with Crippen molar-refractivity contribution < 1.29 is 4.21 Å². The molecule has 1 atom stereocenters. The predicted octanol–water partition coefficient (Wildman–Crippen LogP) is 3.34. The first-order valence-corrected chi connectivity index (χ1v) is 6.45. The first-order chi connectivity index (χ1) is 7.34. The summed E-state index contributed by atoms with van der Waals surface area (Å²) >= 11 is 0. The largest absolute Gasteiger partial charge is 0.240 e. The van der Waals surface area contributed by atoms with Gasteiger partial charge in [-0.1, -0.05) is 43.9 Å². The zero-order chi connectivity index (χ0) is 10.9. The van der Waals surface area contributed by atoms with Crippen LogP contribution in [0.15, 0.2) is 35.2 Å². The first-order valence-electron chi connectivity index (χ1n) is 5.30. The van der Waals surface area contributed by atoms with E-state index < -0.39 is 10.8 Å². The van der Waals surface area contributed by atoms with Crippen molar-refractivity contribution in [3.63, 3.8) is 0 Å². The van der Waals surface area contributed by atoms with Crippen LogP contribution in [0.3, 0.4) is 0 Å². The fourth-order valence-electron chi connectivity index (χ4n) is 1.18. The summed E-state index contributed by atoms with van der Waals surface area (Å²) in [4.78, 5) is 0.792. The lowest BCUT2D eigenvalue weighted by atomic mass is 10.2. The van der Waals surface area contributed by atoms with Gasteiger partial charge in [-0.05, 0) is 18.6 Å². The van der Waals surface area contributed by atoms with Gasteiger partial charge in [-0.15, -0.1) is 0 Å². The molecule has 0 saturated carbocycles. The summed E-state index contributed by atoms with van der Waals surface area (Å²) in [7, 11) is -1.15. The van der Waals surface area contributed by atoms with E-state index in [1.165, 1.54) is 12.8 Å². The van der Waals surface area contributed by atoms with Crippen molar-refractivity contribution in [3.05, 3.63) is 30.3 Å². The van der Waals surface area contributed by atoms with E-state index in [0.717, 1.165) is 17.7 Å². The van der Waals surface area contributed by atoms with Crippen LogP contribution in [0, 0.1) is 11.2 Å². The predicted molar refractivity (Wildman–Crippen MR) is 64.8 cm³/mol. The van der Waals surface area contributed by atoms with Gasteiger partial charge in [-0.2, -0.15) is 0 Å². The molecule has 0 N–H and O–H groups in total. The normalized spacial score (nSPS) is 11.5. The second-order valence-electron chi connectivity index (χ2n) is 3.32. The Balaban J connectivity index is 2.42. The van der Waals surface area contributed by atoms with E-state index in [-0.39, 0.29) is 0 Å². The molecule has 1 rings (SSSR count). The van der Waals surface area contributed by atoms with Gasteiger partial charge in [0.2, 0.25) is 0 Å². The van der Waals surface area contributed by atoms with Gasteiger partial charge in [0.05, 0.1) is 4.90 Å². The molecule has 0 aliphatic heterocycles. The number of hydrogen-bond acceptors (Lipinski definition) is 1. The highest BCUT2D eigenvalue weighted by molar-refractivity contribution is 7.89. The summed E-state index contributed by atoms with van der Waals surface area (Å²) in [6.45, 7) is 2.16. The molecule has 0 bridgehead atoms. The summed E-state index contributed by atoms with van der Waals surface area (Å²) in [5.41, 5.74) is 0. The highest BCUT2D eigenvalue weighted by Gasteiger charge is 1.96. The summed E-state index contributed by atoms with van der Waals surface area (Å²) in [5.74, 6) is 2.97. The van der Waals surface area contributed by atoms with Crippen molar-refractivity contribution >= 4 is 10.8 Å². The molecule has 15 heavy (non-hydrogen) atoms. The molecular weight excluding hydrogens is 204 g/mol. The highest BCUT2D eigenvalue weighted by Crippen LogP contribution is 2.04. The van der Waals surface area contributed by atoms with Crippen LogP contribution in [-0.4, -0.2) is 4.21 Å². The number of rotatable bonds is 4. The zero-order valence-corrected chi connectivity index (χ0v) is 9.85. The maximum Gasteiger partial charge on any atom is 0.130 e. The summed E-state index contributed by atoms with van der Waals surface area (Å²) in [6.07, 6.45) is 4.36. The van der Waals surface area contributed by atoms with Crippen LogP contribution in [0.5, 0.6) is 0 Å². The van der Waals surface area contributed by atoms with Gasteiger partial charge in [0.1, 0.15) is 10.8 Å². The average Bonchev–Trinajstić information content (AvgIpc) is 2.30. The Morgan fingerprint density at radius 1 is 1.20 bits per heavy atom. The highest BCUT2D eigenvalue weighted by atomic mass is 32.2. The lowest BCUT2D eigenvalue weighted by molar-refractivity contribution is 0.689. The standard InChI is InChI=1S/C13H16OS/c1-2-3-4-5-9-12-15(14)13-10-7-6-8-11-13/h6-8,10-11H,2-5H2,1H3. The lowest BCUT2D eigenvalue weighted by Crippen LogP contribution is -1.85. The van der Waals surface area contributed by atoms with E-state index >= 15 is 0 Å². The molecule has 1 aromatic carbocycles. The van der Waals surface area contributed by atoms with Crippen molar-refractivity contribution in [2.45, 2.75) is 37.5 Å². The minimum atomic E-state index is -1.15. The summed E-state index contributed by atoms with van der Waals surface area (Å²) in [6, 6.07) is 9.36. The SMILES string of the molecule is CCCCCC#CS(=O)c1ccccc1. The number of hydrogen-bond donors (Lipinski definition) is 0. The van der Waals surface area contributed by atoms with E-state index in [1.54, 1.807) is 0 Å². The third-order valence-corrected chi connectivity index (χ3v) is 3.06. The van der Waals surface area contributed by atoms with E-state index in [9.17, 15) is 4.21 Å². The Kier molecular flexibility index (Phi) is 5.80. The average molecular weight is 220 g/mol. The van der Waals surface area contributed by atoms with Crippen LogP contribution in [-0.2, 0) is 10.8 Å². The molecule has 0 fully saturated rings. The molecular formula is C13H16OS. The van der Waals surface area contributed by atoms with Crippen molar-refractivity contribution in [3.8, 4) is 11.2 Å². The smallest absolute Gasteiger partial charge is 0.130 e. The first kappa shape index (κ1) is 12.0. The van der Waals surface area contributed by atoms with Crippen molar-refractivity contribution in [1.29, 1.82) is 0 Å². The molecule has 0 aromatic heterocycles. The molecule has 2 heteroatoms. The molecule has 0 aliphatic rings. The van der Waals surface area contributed by atoms with Gasteiger partial charge < -0.3 is 0 Å². The quantitative estimate of drug-likeness (QED) is 0.562. The Hall–Kier alpha value is -1.07. The van der Waals surface area contributed by atoms with Crippen molar-refractivity contribution in [2.24, 2.45) is 0 Å². The summed E-state index contributed by atoms with van der Waals surface area (Å²) < 4.78 is 11.6. The zero-order valence-electron chi connectivity index (χ0n) is 9.03. The Morgan fingerprint density at radius 3 is 2.60 bits per heavy atom. The van der Waals surface area contributed by atoms with Crippen LogP contribution in [0.4, 0.5) is 0 Å². The second-order valence-corrected chi connectivity index (χ2v) is 4.53.